The molecule has 41 valence electrons. The number of hydrogen-bond donors (Lipinski definition) is 0. The van der Waals surface area contributed by atoms with Gasteiger partial charge in [0.2, 0.25) is 0 Å². The van der Waals surface area contributed by atoms with Gasteiger partial charge in [0.05, 0.1) is 0 Å². The predicted molar refractivity (Wildman–Crippen MR) is 34.8 cm³/mol. The summed E-state index contributed by atoms with van der Waals surface area (Å²) in [6.07, 6.45) is 0. The van der Waals surface area contributed by atoms with Crippen LogP contribution in [-0.2, 0) is 0 Å². The lowest BCUT2D eigenvalue weighted by Gasteiger charge is -1.89. The molecule has 0 saturated heterocycles. The van der Waals surface area contributed by atoms with Gasteiger partial charge in [-0.1, -0.05) is 18.2 Å². The van der Waals surface area contributed by atoms with Crippen LogP contribution < -0.4 is 0 Å². The molecule has 0 nitrogen and oxygen atoms in total. The molecule has 0 fully saturated rings. The molecular formula is C8H9. The van der Waals surface area contributed by atoms with Crippen LogP contribution in [0.4, 0.5) is 0 Å². The van der Waals surface area contributed by atoms with E-state index in [-0.39, 0.29) is 0 Å². The number of benzene rings is 1. The minimum atomic E-state index is 1.21. The topological polar surface area (TPSA) is 0 Å². The van der Waals surface area contributed by atoms with E-state index < -0.39 is 0 Å². The third-order valence-electron chi connectivity index (χ3n) is 1.09. The zero-order chi connectivity index (χ0) is 5.98. The third kappa shape index (κ3) is 1.09. The van der Waals surface area contributed by atoms with Gasteiger partial charge in [-0.3, -0.25) is 0 Å². The van der Waals surface area contributed by atoms with Crippen molar-refractivity contribution < 1.29 is 0 Å². The van der Waals surface area contributed by atoms with E-state index in [0.29, 0.717) is 0 Å². The molecule has 0 amide bonds. The molecule has 0 unspecified atom stereocenters. The van der Waals surface area contributed by atoms with E-state index in [0.717, 1.165) is 0 Å². The predicted octanol–water partition coefficient (Wildman–Crippen LogP) is 2.10. The molecule has 0 aliphatic rings. The van der Waals surface area contributed by atoms with E-state index in [1.54, 1.807) is 0 Å². The third-order valence-corrected chi connectivity index (χ3v) is 1.09. The van der Waals surface area contributed by atoms with Crippen LogP contribution in [0.1, 0.15) is 11.1 Å². The van der Waals surface area contributed by atoms with Gasteiger partial charge in [-0.05, 0) is 31.0 Å². The molecule has 0 heterocycles. The Morgan fingerprint density at radius 1 is 1.12 bits per heavy atom. The maximum absolute atomic E-state index is 3.17. The molecule has 0 aromatic heterocycles. The number of aryl methyl sites for hydroxylation is 2. The lowest BCUT2D eigenvalue weighted by molar-refractivity contribution is 1.37. The average molecular weight is 105 g/mol. The molecular weight excluding hydrogens is 96.1 g/mol. The first-order valence-corrected chi connectivity index (χ1v) is 2.74. The second kappa shape index (κ2) is 1.99. The van der Waals surface area contributed by atoms with Crippen molar-refractivity contribution in [1.82, 2.24) is 0 Å². The van der Waals surface area contributed by atoms with Gasteiger partial charge < -0.3 is 0 Å². The Hall–Kier alpha value is -0.780. The van der Waals surface area contributed by atoms with Crippen molar-refractivity contribution in [1.29, 1.82) is 0 Å². The van der Waals surface area contributed by atoms with Crippen LogP contribution in [-0.4, -0.2) is 0 Å². The molecule has 0 aliphatic heterocycles. The van der Waals surface area contributed by atoms with Gasteiger partial charge in [-0.2, -0.15) is 0 Å². The van der Waals surface area contributed by atoms with E-state index in [2.05, 4.69) is 6.07 Å². The largest absolute Gasteiger partial charge is 0.0617 e. The lowest BCUT2D eigenvalue weighted by Crippen LogP contribution is -1.72. The van der Waals surface area contributed by atoms with Gasteiger partial charge in [0, 0.05) is 0 Å². The van der Waals surface area contributed by atoms with E-state index in [1.807, 2.05) is 32.0 Å². The molecule has 0 heteroatoms. The summed E-state index contributed by atoms with van der Waals surface area (Å²) in [7, 11) is 0. The summed E-state index contributed by atoms with van der Waals surface area (Å²) in [5.41, 5.74) is 2.43. The second-order valence-corrected chi connectivity index (χ2v) is 2.02. The Morgan fingerprint density at radius 3 is 1.88 bits per heavy atom. The van der Waals surface area contributed by atoms with Gasteiger partial charge in [-0.25, -0.2) is 0 Å². The molecule has 0 atom stereocenters. The van der Waals surface area contributed by atoms with Crippen LogP contribution in [0.15, 0.2) is 18.2 Å². The highest BCUT2D eigenvalue weighted by atomic mass is 13.9. The Morgan fingerprint density at radius 2 is 1.62 bits per heavy atom. The Kier molecular flexibility index (Phi) is 1.34. The molecule has 0 bridgehead atoms. The first kappa shape index (κ1) is 5.36. The van der Waals surface area contributed by atoms with Crippen molar-refractivity contribution in [2.75, 3.05) is 0 Å². The van der Waals surface area contributed by atoms with E-state index in [9.17, 15) is 0 Å². The molecule has 0 spiro atoms. The maximum atomic E-state index is 3.17. The molecule has 0 saturated carbocycles. The van der Waals surface area contributed by atoms with Crippen molar-refractivity contribution in [3.8, 4) is 0 Å². The fraction of sp³-hybridized carbons (Fsp3) is 0.250. The van der Waals surface area contributed by atoms with Crippen LogP contribution in [0.5, 0.6) is 0 Å². The normalized spacial score (nSPS) is 9.25. The van der Waals surface area contributed by atoms with Crippen molar-refractivity contribution >= 4 is 0 Å². The monoisotopic (exact) mass is 105 g/mol. The number of rotatable bonds is 0. The lowest BCUT2D eigenvalue weighted by atomic mass is 10.2. The van der Waals surface area contributed by atoms with Crippen LogP contribution in [0.3, 0.4) is 0 Å². The van der Waals surface area contributed by atoms with Crippen LogP contribution >= 0.6 is 0 Å². The molecule has 0 N–H and O–H groups in total. The fourth-order valence-electron chi connectivity index (χ4n) is 0.731. The van der Waals surface area contributed by atoms with E-state index in [1.165, 1.54) is 11.1 Å². The van der Waals surface area contributed by atoms with Crippen molar-refractivity contribution in [2.24, 2.45) is 0 Å². The van der Waals surface area contributed by atoms with Crippen LogP contribution in [0.25, 0.3) is 0 Å². The second-order valence-electron chi connectivity index (χ2n) is 2.02. The van der Waals surface area contributed by atoms with Gasteiger partial charge in [0.25, 0.3) is 0 Å². The van der Waals surface area contributed by atoms with Crippen molar-refractivity contribution in [3.63, 3.8) is 0 Å². The maximum Gasteiger partial charge on any atom is -0.0120 e. The summed E-state index contributed by atoms with van der Waals surface area (Å²) >= 11 is 0. The van der Waals surface area contributed by atoms with Gasteiger partial charge in [0.1, 0.15) is 0 Å². The zero-order valence-electron chi connectivity index (χ0n) is 5.23. The number of hydrogen-bond acceptors (Lipinski definition) is 0. The van der Waals surface area contributed by atoms with Crippen LogP contribution in [0, 0.1) is 19.9 Å². The highest BCUT2D eigenvalue weighted by molar-refractivity contribution is 5.18. The minimum absolute atomic E-state index is 1.21. The summed E-state index contributed by atoms with van der Waals surface area (Å²) in [6.45, 7) is 4.10. The molecule has 1 rings (SSSR count). The molecule has 8 heavy (non-hydrogen) atoms. The van der Waals surface area contributed by atoms with Crippen molar-refractivity contribution in [3.05, 3.63) is 35.4 Å². The zero-order valence-corrected chi connectivity index (χ0v) is 5.23. The highest BCUT2D eigenvalue weighted by Crippen LogP contribution is 1.98. The molecule has 1 aromatic carbocycles. The average Bonchev–Trinajstić information content (AvgIpc) is 1.64. The van der Waals surface area contributed by atoms with E-state index >= 15 is 0 Å². The first-order valence-electron chi connectivity index (χ1n) is 2.74. The first-order chi connectivity index (χ1) is 3.79. The Labute approximate surface area is 50.2 Å². The Balaban J connectivity index is 3.08. The van der Waals surface area contributed by atoms with Gasteiger partial charge in [-0.15, -0.1) is 0 Å². The summed E-state index contributed by atoms with van der Waals surface area (Å²) in [4.78, 5) is 0. The molecule has 1 radical (unpaired) electrons. The molecule has 0 aliphatic carbocycles. The van der Waals surface area contributed by atoms with Gasteiger partial charge >= 0.3 is 0 Å². The summed E-state index contributed by atoms with van der Waals surface area (Å²) in [5, 5.41) is 0. The van der Waals surface area contributed by atoms with E-state index in [4.69, 9.17) is 0 Å². The summed E-state index contributed by atoms with van der Waals surface area (Å²) < 4.78 is 0. The quantitative estimate of drug-likeness (QED) is 0.474. The van der Waals surface area contributed by atoms with Crippen LogP contribution in [0.2, 0.25) is 0 Å². The summed E-state index contributed by atoms with van der Waals surface area (Å²) in [6, 6.07) is 9.31. The van der Waals surface area contributed by atoms with Gasteiger partial charge in [0.15, 0.2) is 0 Å². The van der Waals surface area contributed by atoms with Crippen molar-refractivity contribution in [2.45, 2.75) is 13.8 Å². The fourth-order valence-corrected chi connectivity index (χ4v) is 0.731. The SMILES string of the molecule is Cc1[c]c(C)ccc1. The summed E-state index contributed by atoms with van der Waals surface area (Å²) in [5.74, 6) is 0. The standard InChI is InChI=1S/C8H9/c1-7-4-3-5-8(2)6-7/h3-5H,1-2H3. The highest BCUT2D eigenvalue weighted by Gasteiger charge is 1.81. The minimum Gasteiger partial charge on any atom is -0.0617 e. The molecule has 1 aromatic rings. The smallest absolute Gasteiger partial charge is 0.0120 e. The Bertz CT molecular complexity index is 160.